The molecule has 0 nitrogen and oxygen atoms in total. The minimum Gasteiger partial charge on any atom is -0.0990 e. The van der Waals surface area contributed by atoms with Gasteiger partial charge >= 0.3 is 0 Å². The second-order valence-electron chi connectivity index (χ2n) is 5.99. The molecular formula is C21H20. The highest BCUT2D eigenvalue weighted by Gasteiger charge is 2.34. The maximum atomic E-state index is 3.91. The predicted molar refractivity (Wildman–Crippen MR) is 92.4 cm³/mol. The molecule has 0 radical (unpaired) electrons. The molecule has 0 spiro atoms. The zero-order chi connectivity index (χ0) is 15.0. The minimum atomic E-state index is 0.0704. The first-order valence-corrected chi connectivity index (χ1v) is 7.29. The Kier molecular flexibility index (Phi) is 3.17. The van der Waals surface area contributed by atoms with Gasteiger partial charge in [0, 0.05) is 5.41 Å². The van der Waals surface area contributed by atoms with Crippen LogP contribution in [-0.4, -0.2) is 0 Å². The quantitative estimate of drug-likeness (QED) is 0.624. The van der Waals surface area contributed by atoms with Crippen molar-refractivity contribution < 1.29 is 0 Å². The van der Waals surface area contributed by atoms with Crippen molar-refractivity contribution in [3.8, 4) is 11.1 Å². The molecule has 3 rings (SSSR count). The average molecular weight is 272 g/mol. The molecule has 0 bridgehead atoms. The van der Waals surface area contributed by atoms with Gasteiger partial charge in [-0.1, -0.05) is 81.6 Å². The Balaban J connectivity index is 2.25. The molecule has 2 aromatic carbocycles. The van der Waals surface area contributed by atoms with Crippen molar-refractivity contribution >= 4 is 5.57 Å². The van der Waals surface area contributed by atoms with Crippen LogP contribution in [-0.2, 0) is 5.41 Å². The Hall–Kier alpha value is -2.34. The Labute approximate surface area is 127 Å². The Morgan fingerprint density at radius 2 is 1.67 bits per heavy atom. The van der Waals surface area contributed by atoms with E-state index in [0.717, 1.165) is 5.57 Å². The second-order valence-corrected chi connectivity index (χ2v) is 5.99. The van der Waals surface area contributed by atoms with Crippen LogP contribution in [0.25, 0.3) is 16.7 Å². The highest BCUT2D eigenvalue weighted by Crippen LogP contribution is 2.48. The van der Waals surface area contributed by atoms with E-state index in [9.17, 15) is 0 Å². The van der Waals surface area contributed by atoms with Crippen molar-refractivity contribution in [1.82, 2.24) is 0 Å². The van der Waals surface area contributed by atoms with Gasteiger partial charge in [-0.3, -0.25) is 0 Å². The van der Waals surface area contributed by atoms with Gasteiger partial charge in [0.05, 0.1) is 0 Å². The van der Waals surface area contributed by atoms with Crippen molar-refractivity contribution in [3.63, 3.8) is 0 Å². The average Bonchev–Trinajstić information content (AvgIpc) is 2.73. The molecular weight excluding hydrogens is 252 g/mol. The van der Waals surface area contributed by atoms with Gasteiger partial charge < -0.3 is 0 Å². The summed E-state index contributed by atoms with van der Waals surface area (Å²) >= 11 is 0. The van der Waals surface area contributed by atoms with Crippen molar-refractivity contribution in [2.75, 3.05) is 0 Å². The maximum Gasteiger partial charge on any atom is 0.0158 e. The third-order valence-corrected chi connectivity index (χ3v) is 4.43. The highest BCUT2D eigenvalue weighted by atomic mass is 14.4. The lowest BCUT2D eigenvalue weighted by Gasteiger charge is -2.21. The zero-order valence-corrected chi connectivity index (χ0v) is 12.7. The number of rotatable bonds is 3. The molecule has 104 valence electrons. The van der Waals surface area contributed by atoms with E-state index in [1.54, 1.807) is 0 Å². The zero-order valence-electron chi connectivity index (χ0n) is 12.7. The fourth-order valence-corrected chi connectivity index (χ4v) is 3.31. The SMILES string of the molecule is C=C/C=C(\C=C)c1ccc2c(c1)-c1ccccc1C2(C)C. The van der Waals surface area contributed by atoms with Crippen LogP contribution < -0.4 is 0 Å². The molecule has 0 heterocycles. The van der Waals surface area contributed by atoms with E-state index < -0.39 is 0 Å². The van der Waals surface area contributed by atoms with E-state index >= 15 is 0 Å². The van der Waals surface area contributed by atoms with E-state index in [1.165, 1.54) is 27.8 Å². The van der Waals surface area contributed by atoms with Crippen LogP contribution in [0, 0.1) is 0 Å². The Morgan fingerprint density at radius 1 is 0.952 bits per heavy atom. The third kappa shape index (κ3) is 1.99. The molecule has 0 saturated carbocycles. The van der Waals surface area contributed by atoms with E-state index in [4.69, 9.17) is 0 Å². The summed E-state index contributed by atoms with van der Waals surface area (Å²) < 4.78 is 0. The van der Waals surface area contributed by atoms with Gasteiger partial charge in [-0.15, -0.1) is 0 Å². The molecule has 0 amide bonds. The molecule has 0 fully saturated rings. The van der Waals surface area contributed by atoms with Crippen molar-refractivity contribution in [1.29, 1.82) is 0 Å². The summed E-state index contributed by atoms with van der Waals surface area (Å²) in [4.78, 5) is 0. The van der Waals surface area contributed by atoms with Crippen LogP contribution in [0.5, 0.6) is 0 Å². The summed E-state index contributed by atoms with van der Waals surface area (Å²) in [7, 11) is 0. The van der Waals surface area contributed by atoms with Gasteiger partial charge in [-0.2, -0.15) is 0 Å². The lowest BCUT2D eigenvalue weighted by molar-refractivity contribution is 0.660. The van der Waals surface area contributed by atoms with E-state index in [0.29, 0.717) is 0 Å². The Bertz CT molecular complexity index is 757. The summed E-state index contributed by atoms with van der Waals surface area (Å²) in [6.07, 6.45) is 5.69. The molecule has 0 N–H and O–H groups in total. The van der Waals surface area contributed by atoms with E-state index in [1.807, 2.05) is 18.2 Å². The normalized spacial score (nSPS) is 15.2. The molecule has 0 aliphatic heterocycles. The molecule has 0 unspecified atom stereocenters. The fraction of sp³-hybridized carbons (Fsp3) is 0.143. The van der Waals surface area contributed by atoms with Gasteiger partial charge in [0.25, 0.3) is 0 Å². The van der Waals surface area contributed by atoms with Crippen LogP contribution >= 0.6 is 0 Å². The fourth-order valence-electron chi connectivity index (χ4n) is 3.31. The molecule has 0 aromatic heterocycles. The first kappa shape index (κ1) is 13.6. The van der Waals surface area contributed by atoms with Crippen molar-refractivity contribution in [2.45, 2.75) is 19.3 Å². The van der Waals surface area contributed by atoms with Crippen LogP contribution in [0.1, 0.15) is 30.5 Å². The van der Waals surface area contributed by atoms with Crippen molar-refractivity contribution in [2.24, 2.45) is 0 Å². The summed E-state index contributed by atoms with van der Waals surface area (Å²) in [6, 6.07) is 15.4. The maximum absolute atomic E-state index is 3.91. The van der Waals surface area contributed by atoms with Gasteiger partial charge in [-0.05, 0) is 39.5 Å². The van der Waals surface area contributed by atoms with Crippen molar-refractivity contribution in [3.05, 3.63) is 90.5 Å². The van der Waals surface area contributed by atoms with Gasteiger partial charge in [0.15, 0.2) is 0 Å². The first-order valence-electron chi connectivity index (χ1n) is 7.29. The predicted octanol–water partition coefficient (Wildman–Crippen LogP) is 5.75. The number of allylic oxidation sites excluding steroid dienone is 4. The molecule has 2 aromatic rings. The number of fused-ring (bicyclic) bond motifs is 3. The lowest BCUT2D eigenvalue weighted by Crippen LogP contribution is -2.14. The highest BCUT2D eigenvalue weighted by molar-refractivity contribution is 5.85. The monoisotopic (exact) mass is 272 g/mol. The lowest BCUT2D eigenvalue weighted by atomic mass is 9.82. The second kappa shape index (κ2) is 4.89. The number of benzene rings is 2. The summed E-state index contributed by atoms with van der Waals surface area (Å²) in [6.45, 7) is 12.3. The van der Waals surface area contributed by atoms with E-state index in [-0.39, 0.29) is 5.41 Å². The van der Waals surface area contributed by atoms with Crippen LogP contribution in [0.2, 0.25) is 0 Å². The molecule has 0 heteroatoms. The third-order valence-electron chi connectivity index (χ3n) is 4.43. The smallest absolute Gasteiger partial charge is 0.0158 e. The molecule has 0 saturated heterocycles. The van der Waals surface area contributed by atoms with E-state index in [2.05, 4.69) is 69.5 Å². The largest absolute Gasteiger partial charge is 0.0990 e. The van der Waals surface area contributed by atoms with Crippen LogP contribution in [0.15, 0.2) is 73.9 Å². The molecule has 0 atom stereocenters. The Morgan fingerprint density at radius 3 is 2.38 bits per heavy atom. The van der Waals surface area contributed by atoms with Gasteiger partial charge in [0.1, 0.15) is 0 Å². The molecule has 1 aliphatic carbocycles. The standard InChI is InChI=1S/C21H20/c1-5-9-15(6-2)16-12-13-20-18(14-16)17-10-7-8-11-19(17)21(20,3)4/h5-14H,1-2H2,3-4H3/b15-9+. The molecule has 1 aliphatic rings. The first-order chi connectivity index (χ1) is 10.1. The number of hydrogen-bond acceptors (Lipinski definition) is 0. The van der Waals surface area contributed by atoms with Crippen LogP contribution in [0.4, 0.5) is 0 Å². The molecule has 21 heavy (non-hydrogen) atoms. The summed E-state index contributed by atoms with van der Waals surface area (Å²) in [5, 5.41) is 0. The number of hydrogen-bond donors (Lipinski definition) is 0. The van der Waals surface area contributed by atoms with Gasteiger partial charge in [0.2, 0.25) is 0 Å². The topological polar surface area (TPSA) is 0 Å². The summed E-state index contributed by atoms with van der Waals surface area (Å²) in [5.74, 6) is 0. The minimum absolute atomic E-state index is 0.0704. The summed E-state index contributed by atoms with van der Waals surface area (Å²) in [5.41, 5.74) is 7.86. The van der Waals surface area contributed by atoms with Crippen LogP contribution in [0.3, 0.4) is 0 Å². The van der Waals surface area contributed by atoms with Gasteiger partial charge in [-0.25, -0.2) is 0 Å².